The summed E-state index contributed by atoms with van der Waals surface area (Å²) in [5.74, 6) is 0.901. The molecule has 0 fully saturated rings. The first kappa shape index (κ1) is 21.4. The van der Waals surface area contributed by atoms with Crippen molar-refractivity contribution >= 4 is 23.2 Å². The molecule has 0 radical (unpaired) electrons. The summed E-state index contributed by atoms with van der Waals surface area (Å²) in [7, 11) is 3.12. The molecule has 164 valence electrons. The van der Waals surface area contributed by atoms with Crippen molar-refractivity contribution in [3.05, 3.63) is 82.9 Å². The zero-order chi connectivity index (χ0) is 22.7. The largest absolute Gasteiger partial charge is 0.493 e. The van der Waals surface area contributed by atoms with Crippen LogP contribution in [0.4, 0.5) is 11.4 Å². The van der Waals surface area contributed by atoms with Gasteiger partial charge >= 0.3 is 0 Å². The summed E-state index contributed by atoms with van der Waals surface area (Å²) < 4.78 is 10.5. The van der Waals surface area contributed by atoms with Crippen molar-refractivity contribution in [3.8, 4) is 11.5 Å². The van der Waals surface area contributed by atoms with Gasteiger partial charge in [-0.25, -0.2) is 0 Å². The Morgan fingerprint density at radius 2 is 1.72 bits per heavy atom. The number of carbonyl (C=O) groups excluding carboxylic acids is 2. The molecule has 0 spiro atoms. The minimum atomic E-state index is -0.220. The molecule has 0 bridgehead atoms. The summed E-state index contributed by atoms with van der Waals surface area (Å²) in [6, 6.07) is 18.4. The average molecular weight is 431 g/mol. The van der Waals surface area contributed by atoms with Gasteiger partial charge < -0.3 is 19.7 Å². The van der Waals surface area contributed by atoms with Gasteiger partial charge in [-0.15, -0.1) is 0 Å². The van der Waals surface area contributed by atoms with Gasteiger partial charge in [0, 0.05) is 35.1 Å². The van der Waals surface area contributed by atoms with E-state index in [1.165, 1.54) is 0 Å². The van der Waals surface area contributed by atoms with Crippen molar-refractivity contribution in [2.75, 3.05) is 31.0 Å². The van der Waals surface area contributed by atoms with E-state index in [1.807, 2.05) is 48.2 Å². The van der Waals surface area contributed by atoms with Crippen LogP contribution in [0.25, 0.3) is 0 Å². The van der Waals surface area contributed by atoms with Gasteiger partial charge in [0.05, 0.1) is 14.2 Å². The third kappa shape index (κ3) is 4.30. The lowest BCUT2D eigenvalue weighted by Gasteiger charge is -2.30. The van der Waals surface area contributed by atoms with Crippen molar-refractivity contribution in [1.29, 1.82) is 0 Å². The molecule has 0 aliphatic carbocycles. The fourth-order valence-corrected chi connectivity index (χ4v) is 4.00. The van der Waals surface area contributed by atoms with E-state index in [9.17, 15) is 9.59 Å². The zero-order valence-electron chi connectivity index (χ0n) is 18.5. The van der Waals surface area contributed by atoms with Crippen LogP contribution in [0.2, 0.25) is 0 Å². The molecule has 3 aromatic carbocycles. The smallest absolute Gasteiger partial charge is 0.258 e. The molecule has 4 rings (SSSR count). The van der Waals surface area contributed by atoms with E-state index in [0.29, 0.717) is 34.9 Å². The second-order valence-corrected chi connectivity index (χ2v) is 7.80. The van der Waals surface area contributed by atoms with Crippen molar-refractivity contribution in [2.45, 2.75) is 19.8 Å². The second-order valence-electron chi connectivity index (χ2n) is 7.80. The Hall–Kier alpha value is -3.80. The topological polar surface area (TPSA) is 67.9 Å². The minimum Gasteiger partial charge on any atom is -0.493 e. The number of amides is 2. The SMILES string of the molecule is COc1ccc(NC(=O)c2ccc3c(c2)CCCN3C(=O)c2cccc(C)c2)cc1OC. The molecule has 0 saturated heterocycles. The van der Waals surface area contributed by atoms with Gasteiger partial charge in [0.2, 0.25) is 0 Å². The van der Waals surface area contributed by atoms with Gasteiger partial charge in [-0.05, 0) is 67.8 Å². The molecular formula is C26H26N2O4. The van der Waals surface area contributed by atoms with Gasteiger partial charge in [-0.2, -0.15) is 0 Å². The molecule has 3 aromatic rings. The van der Waals surface area contributed by atoms with Crippen LogP contribution in [0.5, 0.6) is 11.5 Å². The fourth-order valence-electron chi connectivity index (χ4n) is 4.00. The molecule has 1 heterocycles. The third-order valence-electron chi connectivity index (χ3n) is 5.61. The van der Waals surface area contributed by atoms with Gasteiger partial charge in [0.25, 0.3) is 11.8 Å². The zero-order valence-corrected chi connectivity index (χ0v) is 18.5. The number of ether oxygens (including phenoxy) is 2. The lowest BCUT2D eigenvalue weighted by atomic mass is 9.98. The lowest BCUT2D eigenvalue weighted by molar-refractivity contribution is 0.0984. The average Bonchev–Trinajstić information content (AvgIpc) is 2.82. The van der Waals surface area contributed by atoms with Gasteiger partial charge in [-0.1, -0.05) is 17.7 Å². The van der Waals surface area contributed by atoms with Crippen LogP contribution in [0.15, 0.2) is 60.7 Å². The standard InChI is InChI=1S/C26H26N2O4/c1-17-6-4-7-20(14-17)26(30)28-13-5-8-18-15-19(9-11-22(18)28)25(29)27-21-10-12-23(31-2)24(16-21)32-3/h4,6-7,9-12,14-16H,5,8,13H2,1-3H3,(H,27,29). The van der Waals surface area contributed by atoms with Crippen LogP contribution in [-0.4, -0.2) is 32.6 Å². The predicted molar refractivity (Wildman–Crippen MR) is 125 cm³/mol. The number of hydrogen-bond acceptors (Lipinski definition) is 4. The molecule has 0 aromatic heterocycles. The van der Waals surface area contributed by atoms with Crippen molar-refractivity contribution in [3.63, 3.8) is 0 Å². The van der Waals surface area contributed by atoms with Gasteiger partial charge in [0.15, 0.2) is 11.5 Å². The number of nitrogens with zero attached hydrogens (tertiary/aromatic N) is 1. The van der Waals surface area contributed by atoms with Crippen LogP contribution in [0.1, 0.15) is 38.3 Å². The molecule has 1 aliphatic heterocycles. The Balaban J connectivity index is 1.56. The fraction of sp³-hybridized carbons (Fsp3) is 0.231. The summed E-state index contributed by atoms with van der Waals surface area (Å²) in [4.78, 5) is 27.8. The van der Waals surface area contributed by atoms with Crippen LogP contribution < -0.4 is 19.7 Å². The Bertz CT molecular complexity index is 1170. The summed E-state index contributed by atoms with van der Waals surface area (Å²) >= 11 is 0. The van der Waals surface area contributed by atoms with Gasteiger partial charge in [0.1, 0.15) is 0 Å². The number of hydrogen-bond donors (Lipinski definition) is 1. The summed E-state index contributed by atoms with van der Waals surface area (Å²) in [5.41, 5.74) is 4.75. The number of fused-ring (bicyclic) bond motifs is 1. The maximum absolute atomic E-state index is 13.1. The first-order valence-electron chi connectivity index (χ1n) is 10.5. The van der Waals surface area contributed by atoms with E-state index in [0.717, 1.165) is 29.7 Å². The van der Waals surface area contributed by atoms with Crippen molar-refractivity contribution in [1.82, 2.24) is 0 Å². The second kappa shape index (κ2) is 9.14. The molecule has 32 heavy (non-hydrogen) atoms. The van der Waals surface area contributed by atoms with Crippen LogP contribution >= 0.6 is 0 Å². The minimum absolute atomic E-state index is 0.0165. The van der Waals surface area contributed by atoms with E-state index >= 15 is 0 Å². The Labute approximate surface area is 187 Å². The lowest BCUT2D eigenvalue weighted by Crippen LogP contribution is -2.35. The first-order valence-corrected chi connectivity index (χ1v) is 10.5. The highest BCUT2D eigenvalue weighted by Gasteiger charge is 2.24. The molecule has 1 N–H and O–H groups in total. The number of anilines is 2. The normalized spacial score (nSPS) is 12.7. The number of aryl methyl sites for hydroxylation is 2. The van der Waals surface area contributed by atoms with Crippen molar-refractivity contribution < 1.29 is 19.1 Å². The third-order valence-corrected chi connectivity index (χ3v) is 5.61. The van der Waals surface area contributed by atoms with Crippen molar-refractivity contribution in [2.24, 2.45) is 0 Å². The molecule has 0 atom stereocenters. The number of rotatable bonds is 5. The summed E-state index contributed by atoms with van der Waals surface area (Å²) in [6.45, 7) is 2.64. The molecular weight excluding hydrogens is 404 g/mol. The number of nitrogens with one attached hydrogen (secondary N) is 1. The Kier molecular flexibility index (Phi) is 6.12. The van der Waals surface area contributed by atoms with E-state index in [-0.39, 0.29) is 11.8 Å². The van der Waals surface area contributed by atoms with Gasteiger partial charge in [-0.3, -0.25) is 9.59 Å². The van der Waals surface area contributed by atoms with Crippen LogP contribution in [0.3, 0.4) is 0 Å². The number of benzene rings is 3. The van der Waals surface area contributed by atoms with E-state index < -0.39 is 0 Å². The highest BCUT2D eigenvalue weighted by molar-refractivity contribution is 6.08. The first-order chi connectivity index (χ1) is 15.5. The highest BCUT2D eigenvalue weighted by atomic mass is 16.5. The predicted octanol–water partition coefficient (Wildman–Crippen LogP) is 4.86. The Morgan fingerprint density at radius 3 is 2.47 bits per heavy atom. The van der Waals surface area contributed by atoms with E-state index in [2.05, 4.69) is 5.32 Å². The molecule has 0 unspecified atom stereocenters. The molecule has 0 saturated carbocycles. The molecule has 1 aliphatic rings. The van der Waals surface area contributed by atoms with Crippen LogP contribution in [0, 0.1) is 6.92 Å². The van der Waals surface area contributed by atoms with Crippen LogP contribution in [-0.2, 0) is 6.42 Å². The Morgan fingerprint density at radius 1 is 0.906 bits per heavy atom. The highest BCUT2D eigenvalue weighted by Crippen LogP contribution is 2.32. The molecule has 6 heteroatoms. The summed E-state index contributed by atoms with van der Waals surface area (Å²) in [6.07, 6.45) is 1.68. The maximum atomic E-state index is 13.1. The summed E-state index contributed by atoms with van der Waals surface area (Å²) in [5, 5.41) is 2.90. The van der Waals surface area contributed by atoms with E-state index in [4.69, 9.17) is 9.47 Å². The molecule has 6 nitrogen and oxygen atoms in total. The monoisotopic (exact) mass is 430 g/mol. The number of methoxy groups -OCH3 is 2. The molecule has 2 amide bonds. The maximum Gasteiger partial charge on any atom is 0.258 e. The number of carbonyl (C=O) groups is 2. The van der Waals surface area contributed by atoms with E-state index in [1.54, 1.807) is 38.5 Å². The quantitative estimate of drug-likeness (QED) is 0.628.